The Hall–Kier alpha value is -1.62. The Morgan fingerprint density at radius 2 is 2.00 bits per heavy atom. The zero-order valence-corrected chi connectivity index (χ0v) is 13.8. The Labute approximate surface area is 128 Å². The first-order chi connectivity index (χ1) is 9.62. The summed E-state index contributed by atoms with van der Waals surface area (Å²) in [6, 6.07) is 4.49. The van der Waals surface area contributed by atoms with Gasteiger partial charge in [-0.25, -0.2) is 4.39 Å². The van der Waals surface area contributed by atoms with Crippen molar-refractivity contribution < 1.29 is 9.18 Å². The summed E-state index contributed by atoms with van der Waals surface area (Å²) in [5.74, 6) is -0.459. The van der Waals surface area contributed by atoms with Crippen molar-refractivity contribution in [3.63, 3.8) is 0 Å². The Kier molecular flexibility index (Phi) is 3.97. The Morgan fingerprint density at radius 3 is 2.57 bits per heavy atom. The molecule has 0 radical (unpaired) electrons. The minimum Gasteiger partial charge on any atom is -0.397 e. The Bertz CT molecular complexity index is 687. The van der Waals surface area contributed by atoms with Gasteiger partial charge in [0.1, 0.15) is 10.7 Å². The minimum atomic E-state index is -0.345. The highest BCUT2D eigenvalue weighted by Gasteiger charge is 2.29. The standard InChI is InChI=1S/C16H21FN2OS/c1-9(16(2,3)4)19(5)15(20)14-13(18)11-8-10(17)6-7-12(11)21-14/h6-9H,18H2,1-5H3. The third kappa shape index (κ3) is 2.88. The number of thiophene rings is 1. The average Bonchev–Trinajstić information content (AvgIpc) is 2.72. The Balaban J connectivity index is 2.42. The van der Waals surface area contributed by atoms with Gasteiger partial charge in [0.2, 0.25) is 0 Å². The summed E-state index contributed by atoms with van der Waals surface area (Å²) in [5, 5.41) is 0.611. The van der Waals surface area contributed by atoms with Crippen LogP contribution in [0.1, 0.15) is 37.4 Å². The van der Waals surface area contributed by atoms with E-state index in [0.717, 1.165) is 4.70 Å². The van der Waals surface area contributed by atoms with Gasteiger partial charge in [-0.15, -0.1) is 11.3 Å². The topological polar surface area (TPSA) is 46.3 Å². The zero-order valence-electron chi connectivity index (χ0n) is 13.0. The van der Waals surface area contributed by atoms with E-state index in [0.29, 0.717) is 16.0 Å². The van der Waals surface area contributed by atoms with Crippen LogP contribution in [0.4, 0.5) is 10.1 Å². The van der Waals surface area contributed by atoms with Crippen molar-refractivity contribution in [3.8, 4) is 0 Å². The van der Waals surface area contributed by atoms with Crippen molar-refractivity contribution in [3.05, 3.63) is 28.9 Å². The van der Waals surface area contributed by atoms with Gasteiger partial charge in [-0.05, 0) is 30.5 Å². The van der Waals surface area contributed by atoms with Crippen LogP contribution < -0.4 is 5.73 Å². The Morgan fingerprint density at radius 1 is 1.38 bits per heavy atom. The fourth-order valence-corrected chi connectivity index (χ4v) is 3.25. The number of nitrogen functional groups attached to an aromatic ring is 1. The van der Waals surface area contributed by atoms with Crippen LogP contribution in [0.25, 0.3) is 10.1 Å². The molecule has 0 saturated carbocycles. The number of benzene rings is 1. The number of hydrogen-bond donors (Lipinski definition) is 1. The highest BCUT2D eigenvalue weighted by molar-refractivity contribution is 7.21. The molecule has 3 nitrogen and oxygen atoms in total. The fraction of sp³-hybridized carbons (Fsp3) is 0.438. The number of hydrogen-bond acceptors (Lipinski definition) is 3. The van der Waals surface area contributed by atoms with Crippen molar-refractivity contribution >= 4 is 33.0 Å². The van der Waals surface area contributed by atoms with Crippen LogP contribution in [0.5, 0.6) is 0 Å². The van der Waals surface area contributed by atoms with Crippen LogP contribution in [0, 0.1) is 11.2 Å². The largest absolute Gasteiger partial charge is 0.397 e. The second-order valence-electron chi connectivity index (χ2n) is 6.44. The quantitative estimate of drug-likeness (QED) is 0.906. The predicted molar refractivity (Wildman–Crippen MR) is 87.2 cm³/mol. The molecule has 1 aromatic heterocycles. The van der Waals surface area contributed by atoms with E-state index in [1.54, 1.807) is 18.0 Å². The van der Waals surface area contributed by atoms with Crippen molar-refractivity contribution in [2.45, 2.75) is 33.7 Å². The predicted octanol–water partition coefficient (Wildman–Crippen LogP) is 4.13. The summed E-state index contributed by atoms with van der Waals surface area (Å²) in [6.45, 7) is 8.28. The van der Waals surface area contributed by atoms with Crippen molar-refractivity contribution in [1.82, 2.24) is 4.90 Å². The molecule has 1 aromatic carbocycles. The first-order valence-corrected chi connectivity index (χ1v) is 7.69. The molecular formula is C16H21FN2OS. The van der Waals surface area contributed by atoms with Crippen molar-refractivity contribution in [1.29, 1.82) is 0 Å². The number of carbonyl (C=O) groups excluding carboxylic acids is 1. The molecule has 1 amide bonds. The van der Waals surface area contributed by atoms with Gasteiger partial charge in [0.25, 0.3) is 5.91 Å². The molecule has 1 heterocycles. The van der Waals surface area contributed by atoms with Crippen LogP contribution in [0.3, 0.4) is 0 Å². The van der Waals surface area contributed by atoms with E-state index in [1.807, 2.05) is 6.92 Å². The minimum absolute atomic E-state index is 0.0258. The van der Waals surface area contributed by atoms with E-state index in [4.69, 9.17) is 5.73 Å². The second-order valence-corrected chi connectivity index (χ2v) is 7.50. The molecule has 1 atom stereocenters. The van der Waals surface area contributed by atoms with Gasteiger partial charge >= 0.3 is 0 Å². The van der Waals surface area contributed by atoms with Gasteiger partial charge in [0.05, 0.1) is 5.69 Å². The maximum Gasteiger partial charge on any atom is 0.266 e. The van der Waals surface area contributed by atoms with Gasteiger partial charge in [0, 0.05) is 23.2 Å². The van der Waals surface area contributed by atoms with Crippen molar-refractivity contribution in [2.75, 3.05) is 12.8 Å². The molecular weight excluding hydrogens is 287 g/mol. The number of nitrogens with zero attached hydrogens (tertiary/aromatic N) is 1. The molecule has 2 N–H and O–H groups in total. The van der Waals surface area contributed by atoms with E-state index in [1.165, 1.54) is 23.5 Å². The molecule has 2 rings (SSSR count). The average molecular weight is 308 g/mol. The first-order valence-electron chi connectivity index (χ1n) is 6.87. The van der Waals surface area contributed by atoms with Crippen molar-refractivity contribution in [2.24, 2.45) is 5.41 Å². The number of rotatable bonds is 2. The molecule has 21 heavy (non-hydrogen) atoms. The van der Waals surface area contributed by atoms with Crippen LogP contribution in [0.15, 0.2) is 18.2 Å². The van der Waals surface area contributed by atoms with Gasteiger partial charge in [-0.1, -0.05) is 20.8 Å². The van der Waals surface area contributed by atoms with E-state index in [-0.39, 0.29) is 23.2 Å². The van der Waals surface area contributed by atoms with E-state index in [9.17, 15) is 9.18 Å². The molecule has 0 aliphatic rings. The summed E-state index contributed by atoms with van der Waals surface area (Å²) in [6.07, 6.45) is 0. The van der Waals surface area contributed by atoms with Crippen LogP contribution in [-0.4, -0.2) is 23.9 Å². The lowest BCUT2D eigenvalue weighted by molar-refractivity contribution is 0.0635. The summed E-state index contributed by atoms with van der Waals surface area (Å²) in [7, 11) is 1.78. The molecule has 0 saturated heterocycles. The van der Waals surface area contributed by atoms with Gasteiger partial charge < -0.3 is 10.6 Å². The van der Waals surface area contributed by atoms with E-state index >= 15 is 0 Å². The summed E-state index contributed by atoms with van der Waals surface area (Å²) >= 11 is 1.31. The van der Waals surface area contributed by atoms with E-state index < -0.39 is 0 Å². The van der Waals surface area contributed by atoms with Gasteiger partial charge in [-0.2, -0.15) is 0 Å². The number of amides is 1. The first kappa shape index (κ1) is 15.8. The number of anilines is 1. The normalized spacial score (nSPS) is 13.4. The number of nitrogens with two attached hydrogens (primary N) is 1. The molecule has 0 aliphatic carbocycles. The third-order valence-corrected chi connectivity index (χ3v) is 5.21. The molecule has 0 fully saturated rings. The molecule has 0 aliphatic heterocycles. The molecule has 2 aromatic rings. The smallest absolute Gasteiger partial charge is 0.266 e. The highest BCUT2D eigenvalue weighted by atomic mass is 32.1. The van der Waals surface area contributed by atoms with Crippen LogP contribution in [-0.2, 0) is 0 Å². The molecule has 5 heteroatoms. The molecule has 0 bridgehead atoms. The maximum absolute atomic E-state index is 13.3. The fourth-order valence-electron chi connectivity index (χ4n) is 2.16. The molecule has 1 unspecified atom stereocenters. The lowest BCUT2D eigenvalue weighted by atomic mass is 9.87. The zero-order chi connectivity index (χ0) is 15.9. The highest BCUT2D eigenvalue weighted by Crippen LogP contribution is 2.35. The number of fused-ring (bicyclic) bond motifs is 1. The number of carbonyl (C=O) groups is 1. The summed E-state index contributed by atoms with van der Waals surface area (Å²) < 4.78 is 14.2. The van der Waals surface area contributed by atoms with E-state index in [2.05, 4.69) is 20.8 Å². The van der Waals surface area contributed by atoms with Crippen LogP contribution >= 0.6 is 11.3 Å². The lowest BCUT2D eigenvalue weighted by Gasteiger charge is -2.35. The van der Waals surface area contributed by atoms with Gasteiger partial charge in [0.15, 0.2) is 0 Å². The van der Waals surface area contributed by atoms with Crippen LogP contribution in [0.2, 0.25) is 0 Å². The molecule has 0 spiro atoms. The van der Waals surface area contributed by atoms with Gasteiger partial charge in [-0.3, -0.25) is 4.79 Å². The maximum atomic E-state index is 13.3. The number of halogens is 1. The lowest BCUT2D eigenvalue weighted by Crippen LogP contribution is -2.42. The third-order valence-electron chi connectivity index (χ3n) is 4.04. The summed E-state index contributed by atoms with van der Waals surface area (Å²) in [5.41, 5.74) is 6.39. The second kappa shape index (κ2) is 5.30. The monoisotopic (exact) mass is 308 g/mol. The molecule has 114 valence electrons. The summed E-state index contributed by atoms with van der Waals surface area (Å²) in [4.78, 5) is 14.9. The SMILES string of the molecule is CC(N(C)C(=O)c1sc2ccc(F)cc2c1N)C(C)(C)C.